The average Bonchev–Trinajstić information content (AvgIpc) is 2.89. The second-order valence-corrected chi connectivity index (χ2v) is 9.57. The molecule has 0 fully saturated rings. The molecule has 0 bridgehead atoms. The van der Waals surface area contributed by atoms with Crippen LogP contribution in [0.5, 0.6) is 5.75 Å². The van der Waals surface area contributed by atoms with E-state index in [4.69, 9.17) is 4.98 Å². The first kappa shape index (κ1) is 25.6. The van der Waals surface area contributed by atoms with Gasteiger partial charge in [0.25, 0.3) is 5.91 Å². The van der Waals surface area contributed by atoms with Crippen LogP contribution in [0.15, 0.2) is 85.1 Å². The fraction of sp³-hybridized carbons (Fsp3) is 0.179. The lowest BCUT2D eigenvalue weighted by Crippen LogP contribution is -2.27. The lowest BCUT2D eigenvalue weighted by atomic mass is 10.1. The molecule has 0 spiro atoms. The van der Waals surface area contributed by atoms with Crippen LogP contribution >= 0.6 is 22.6 Å². The Hall–Kier alpha value is -3.50. The Balaban J connectivity index is 1.54. The molecule has 1 amide bonds. The summed E-state index contributed by atoms with van der Waals surface area (Å²) in [6.45, 7) is 0.876. The van der Waals surface area contributed by atoms with E-state index < -0.39 is 6.10 Å². The van der Waals surface area contributed by atoms with Crippen molar-refractivity contribution in [3.63, 3.8) is 0 Å². The largest absolute Gasteiger partial charge is 0.508 e. The van der Waals surface area contributed by atoms with Gasteiger partial charge >= 0.3 is 0 Å². The van der Waals surface area contributed by atoms with E-state index in [0.717, 1.165) is 14.7 Å². The zero-order valence-electron chi connectivity index (χ0n) is 19.8. The Morgan fingerprint density at radius 3 is 2.56 bits per heavy atom. The number of carbonyl (C=O) groups excluding carboxylic acids is 1. The number of carbonyl (C=O) groups is 1. The Kier molecular flexibility index (Phi) is 8.50. The molecule has 7 nitrogen and oxygen atoms in total. The van der Waals surface area contributed by atoms with E-state index in [1.165, 1.54) is 6.07 Å². The standard InChI is InChI=1S/C28H27IN4O3/c1-33(18-19-8-3-2-4-9-19)28-31-17-23(26(32-28)22-12-5-6-13-24(22)29)27(36)30-15-14-25(35)20-10-7-11-21(34)16-20/h2-13,16-17,25,34-35H,14-15,18H2,1H3,(H,30,36). The van der Waals surface area contributed by atoms with Gasteiger partial charge in [-0.05, 0) is 58.3 Å². The average molecular weight is 594 g/mol. The van der Waals surface area contributed by atoms with Gasteiger partial charge in [0.15, 0.2) is 0 Å². The van der Waals surface area contributed by atoms with Crippen molar-refractivity contribution in [1.82, 2.24) is 15.3 Å². The number of rotatable bonds is 9. The molecule has 1 atom stereocenters. The normalized spacial score (nSPS) is 11.6. The number of aliphatic hydroxyl groups excluding tert-OH is 1. The van der Waals surface area contributed by atoms with E-state index >= 15 is 0 Å². The third-order valence-electron chi connectivity index (χ3n) is 5.71. The highest BCUT2D eigenvalue weighted by Gasteiger charge is 2.20. The van der Waals surface area contributed by atoms with Gasteiger partial charge in [-0.15, -0.1) is 0 Å². The summed E-state index contributed by atoms with van der Waals surface area (Å²) in [6.07, 6.45) is 1.05. The van der Waals surface area contributed by atoms with Crippen molar-refractivity contribution in [3.05, 3.63) is 105 Å². The van der Waals surface area contributed by atoms with Crippen molar-refractivity contribution in [2.24, 2.45) is 0 Å². The molecule has 8 heteroatoms. The molecular weight excluding hydrogens is 567 g/mol. The maximum Gasteiger partial charge on any atom is 0.255 e. The summed E-state index contributed by atoms with van der Waals surface area (Å²) in [5, 5.41) is 22.9. The monoisotopic (exact) mass is 594 g/mol. The van der Waals surface area contributed by atoms with Crippen LogP contribution in [0.1, 0.15) is 34.0 Å². The molecule has 3 N–H and O–H groups in total. The van der Waals surface area contributed by atoms with Crippen LogP contribution in [-0.4, -0.2) is 39.7 Å². The van der Waals surface area contributed by atoms with Crippen molar-refractivity contribution in [2.75, 3.05) is 18.5 Å². The molecule has 0 aliphatic carbocycles. The van der Waals surface area contributed by atoms with Gasteiger partial charge in [0.05, 0.1) is 17.4 Å². The maximum atomic E-state index is 13.2. The quantitative estimate of drug-likeness (QED) is 0.238. The number of benzene rings is 3. The lowest BCUT2D eigenvalue weighted by Gasteiger charge is -2.19. The highest BCUT2D eigenvalue weighted by Crippen LogP contribution is 2.28. The van der Waals surface area contributed by atoms with Crippen LogP contribution in [0.4, 0.5) is 5.95 Å². The molecular formula is C28H27IN4O3. The molecule has 0 saturated heterocycles. The minimum absolute atomic E-state index is 0.0900. The van der Waals surface area contributed by atoms with Gasteiger partial charge in [-0.25, -0.2) is 9.97 Å². The molecule has 184 valence electrons. The Morgan fingerprint density at radius 2 is 1.81 bits per heavy atom. The number of aromatic hydroxyl groups is 1. The predicted octanol–water partition coefficient (Wildman–Crippen LogP) is 4.94. The van der Waals surface area contributed by atoms with Crippen molar-refractivity contribution >= 4 is 34.4 Å². The highest BCUT2D eigenvalue weighted by atomic mass is 127. The third kappa shape index (κ3) is 6.38. The highest BCUT2D eigenvalue weighted by molar-refractivity contribution is 14.1. The van der Waals surface area contributed by atoms with Gasteiger partial charge < -0.3 is 20.4 Å². The van der Waals surface area contributed by atoms with Crippen LogP contribution in [0.25, 0.3) is 11.3 Å². The van der Waals surface area contributed by atoms with Crippen molar-refractivity contribution < 1.29 is 15.0 Å². The zero-order valence-corrected chi connectivity index (χ0v) is 22.0. The zero-order chi connectivity index (χ0) is 25.5. The van der Waals surface area contributed by atoms with Crippen LogP contribution in [0.3, 0.4) is 0 Å². The van der Waals surface area contributed by atoms with E-state index in [1.54, 1.807) is 24.4 Å². The molecule has 4 rings (SSSR count). The van der Waals surface area contributed by atoms with Crippen LogP contribution in [-0.2, 0) is 6.54 Å². The number of amides is 1. The SMILES string of the molecule is CN(Cc1ccccc1)c1ncc(C(=O)NCCC(O)c2cccc(O)c2)c(-c2ccccc2I)n1. The number of aliphatic hydroxyl groups is 1. The number of halogens is 1. The molecule has 3 aromatic carbocycles. The number of nitrogens with one attached hydrogen (secondary N) is 1. The van der Waals surface area contributed by atoms with E-state index in [-0.39, 0.29) is 18.2 Å². The van der Waals surface area contributed by atoms with Gasteiger partial charge in [0.1, 0.15) is 5.75 Å². The summed E-state index contributed by atoms with van der Waals surface area (Å²) >= 11 is 2.24. The lowest BCUT2D eigenvalue weighted by molar-refractivity contribution is 0.0942. The number of hydrogen-bond donors (Lipinski definition) is 3. The summed E-state index contributed by atoms with van der Waals surface area (Å²) in [6, 6.07) is 24.3. The third-order valence-corrected chi connectivity index (χ3v) is 6.65. The minimum Gasteiger partial charge on any atom is -0.508 e. The Morgan fingerprint density at radius 1 is 1.06 bits per heavy atom. The van der Waals surface area contributed by atoms with E-state index in [0.29, 0.717) is 35.7 Å². The number of anilines is 1. The second-order valence-electron chi connectivity index (χ2n) is 8.41. The fourth-order valence-corrected chi connectivity index (χ4v) is 4.47. The first-order valence-corrected chi connectivity index (χ1v) is 12.6. The van der Waals surface area contributed by atoms with Crippen molar-refractivity contribution in [2.45, 2.75) is 19.1 Å². The molecule has 36 heavy (non-hydrogen) atoms. The predicted molar refractivity (Wildman–Crippen MR) is 149 cm³/mol. The topological polar surface area (TPSA) is 98.6 Å². The van der Waals surface area contributed by atoms with E-state index in [1.807, 2.05) is 66.5 Å². The molecule has 0 aliphatic heterocycles. The van der Waals surface area contributed by atoms with Crippen LogP contribution in [0.2, 0.25) is 0 Å². The van der Waals surface area contributed by atoms with Gasteiger partial charge in [-0.2, -0.15) is 0 Å². The number of aromatic nitrogens is 2. The molecule has 0 radical (unpaired) electrons. The summed E-state index contributed by atoms with van der Waals surface area (Å²) in [4.78, 5) is 24.4. The number of hydrogen-bond acceptors (Lipinski definition) is 6. The summed E-state index contributed by atoms with van der Waals surface area (Å²) in [5.41, 5.74) is 3.49. The Labute approximate surface area is 224 Å². The molecule has 4 aromatic rings. The Bertz CT molecular complexity index is 1330. The summed E-state index contributed by atoms with van der Waals surface area (Å²) < 4.78 is 0.971. The van der Waals surface area contributed by atoms with Gasteiger partial charge in [0.2, 0.25) is 5.95 Å². The fourth-order valence-electron chi connectivity index (χ4n) is 3.83. The van der Waals surface area contributed by atoms with Crippen LogP contribution in [0, 0.1) is 3.57 Å². The number of nitrogens with zero attached hydrogens (tertiary/aromatic N) is 3. The smallest absolute Gasteiger partial charge is 0.255 e. The molecule has 1 unspecified atom stereocenters. The summed E-state index contributed by atoms with van der Waals surface area (Å²) in [5.74, 6) is 0.293. The van der Waals surface area contributed by atoms with E-state index in [2.05, 4.69) is 32.9 Å². The molecule has 1 heterocycles. The first-order valence-electron chi connectivity index (χ1n) is 11.5. The number of phenols is 1. The van der Waals surface area contributed by atoms with Gasteiger partial charge in [-0.3, -0.25) is 4.79 Å². The minimum atomic E-state index is -0.808. The van der Waals surface area contributed by atoms with Crippen molar-refractivity contribution in [3.8, 4) is 17.0 Å². The number of phenolic OH excluding ortho intramolecular Hbond substituents is 1. The molecule has 0 aliphatic rings. The van der Waals surface area contributed by atoms with E-state index in [9.17, 15) is 15.0 Å². The van der Waals surface area contributed by atoms with Gasteiger partial charge in [0, 0.05) is 35.5 Å². The first-order chi connectivity index (χ1) is 17.4. The molecule has 1 aromatic heterocycles. The van der Waals surface area contributed by atoms with Crippen LogP contribution < -0.4 is 10.2 Å². The maximum absolute atomic E-state index is 13.2. The summed E-state index contributed by atoms with van der Waals surface area (Å²) in [7, 11) is 1.92. The van der Waals surface area contributed by atoms with Crippen molar-refractivity contribution in [1.29, 1.82) is 0 Å². The second kappa shape index (κ2) is 12.0. The van der Waals surface area contributed by atoms with Gasteiger partial charge in [-0.1, -0.05) is 60.7 Å². The molecule has 0 saturated carbocycles.